The zero-order valence-electron chi connectivity index (χ0n) is 11.3. The molecule has 0 aliphatic heterocycles. The van der Waals surface area contributed by atoms with Crippen molar-refractivity contribution < 1.29 is 19.8 Å². The van der Waals surface area contributed by atoms with E-state index in [1.165, 1.54) is 0 Å². The van der Waals surface area contributed by atoms with Gasteiger partial charge in [-0.25, -0.2) is 0 Å². The molecule has 0 unspecified atom stereocenters. The van der Waals surface area contributed by atoms with Crippen molar-refractivity contribution in [3.05, 3.63) is 34.9 Å². The van der Waals surface area contributed by atoms with Gasteiger partial charge < -0.3 is 10.2 Å². The normalized spacial score (nSPS) is 10.7. The zero-order chi connectivity index (χ0) is 14.4. The van der Waals surface area contributed by atoms with Gasteiger partial charge in [0.15, 0.2) is 0 Å². The van der Waals surface area contributed by atoms with Crippen molar-refractivity contribution in [3.63, 3.8) is 0 Å². The second-order valence-electron chi connectivity index (χ2n) is 5.18. The molecule has 0 aromatic heterocycles. The number of hydrogen-bond donors (Lipinski definition) is 2. The maximum absolute atomic E-state index is 10.8. The maximum atomic E-state index is 10.8. The number of aliphatic carboxylic acids is 2. The highest BCUT2D eigenvalue weighted by Gasteiger charge is 2.11. The van der Waals surface area contributed by atoms with E-state index in [4.69, 9.17) is 10.2 Å². The van der Waals surface area contributed by atoms with Gasteiger partial charge in [-0.1, -0.05) is 32.0 Å². The second kappa shape index (κ2) is 6.92. The molecule has 4 nitrogen and oxygen atoms in total. The van der Waals surface area contributed by atoms with Crippen LogP contribution in [0.5, 0.6) is 0 Å². The Morgan fingerprint density at radius 3 is 2.16 bits per heavy atom. The lowest BCUT2D eigenvalue weighted by molar-refractivity contribution is -0.137. The van der Waals surface area contributed by atoms with Crippen LogP contribution in [-0.4, -0.2) is 22.2 Å². The molecule has 0 radical (unpaired) electrons. The molecular formula is C15H20O4. The topological polar surface area (TPSA) is 74.6 Å². The lowest BCUT2D eigenvalue weighted by atomic mass is 9.95. The summed E-state index contributed by atoms with van der Waals surface area (Å²) in [5.41, 5.74) is 2.26. The largest absolute Gasteiger partial charge is 0.481 e. The predicted molar refractivity (Wildman–Crippen MR) is 72.3 cm³/mol. The number of aryl methyl sites for hydroxylation is 1. The molecule has 0 saturated carbocycles. The van der Waals surface area contributed by atoms with Crippen LogP contribution in [0.2, 0.25) is 0 Å². The van der Waals surface area contributed by atoms with Crippen molar-refractivity contribution in [2.24, 2.45) is 5.92 Å². The van der Waals surface area contributed by atoms with E-state index in [0.29, 0.717) is 17.0 Å². The molecule has 104 valence electrons. The molecule has 2 N–H and O–H groups in total. The van der Waals surface area contributed by atoms with E-state index in [2.05, 4.69) is 13.8 Å². The van der Waals surface area contributed by atoms with Crippen LogP contribution in [0.4, 0.5) is 0 Å². The van der Waals surface area contributed by atoms with Crippen LogP contribution in [0.3, 0.4) is 0 Å². The van der Waals surface area contributed by atoms with Crippen LogP contribution >= 0.6 is 0 Å². The van der Waals surface area contributed by atoms with E-state index < -0.39 is 11.9 Å². The second-order valence-corrected chi connectivity index (χ2v) is 5.18. The van der Waals surface area contributed by atoms with Crippen LogP contribution in [0.25, 0.3) is 0 Å². The molecule has 1 rings (SSSR count). The van der Waals surface area contributed by atoms with E-state index >= 15 is 0 Å². The third kappa shape index (κ3) is 5.55. The third-order valence-corrected chi connectivity index (χ3v) is 2.96. The predicted octanol–water partition coefficient (Wildman–Crippen LogP) is 2.53. The lowest BCUT2D eigenvalue weighted by Crippen LogP contribution is -2.08. The first-order valence-electron chi connectivity index (χ1n) is 6.42. The highest BCUT2D eigenvalue weighted by molar-refractivity contribution is 5.74. The number of hydrogen-bond acceptors (Lipinski definition) is 2. The Morgan fingerprint density at radius 2 is 1.63 bits per heavy atom. The average molecular weight is 264 g/mol. The third-order valence-electron chi connectivity index (χ3n) is 2.96. The molecule has 1 aromatic carbocycles. The van der Waals surface area contributed by atoms with E-state index in [1.54, 1.807) is 6.07 Å². The van der Waals surface area contributed by atoms with E-state index in [9.17, 15) is 9.59 Å². The van der Waals surface area contributed by atoms with E-state index in [-0.39, 0.29) is 12.8 Å². The van der Waals surface area contributed by atoms with Gasteiger partial charge in [-0.05, 0) is 35.4 Å². The van der Waals surface area contributed by atoms with Crippen molar-refractivity contribution in [2.45, 2.75) is 39.5 Å². The standard InChI is InChI=1S/C15H20O4/c1-10(2)3-4-11-5-6-12(8-14(16)17)13(7-11)9-15(18)19/h5-7,10H,3-4,8-9H2,1-2H3,(H,16,17)(H,18,19). The minimum Gasteiger partial charge on any atom is -0.481 e. The first-order chi connectivity index (χ1) is 8.88. The monoisotopic (exact) mass is 264 g/mol. The first-order valence-corrected chi connectivity index (χ1v) is 6.42. The van der Waals surface area contributed by atoms with Crippen molar-refractivity contribution in [1.29, 1.82) is 0 Å². The minimum atomic E-state index is -0.943. The van der Waals surface area contributed by atoms with Gasteiger partial charge in [0.25, 0.3) is 0 Å². The molecule has 0 bridgehead atoms. The number of benzene rings is 1. The number of carboxylic acid groups (broad SMARTS) is 2. The number of carboxylic acids is 2. The van der Waals surface area contributed by atoms with E-state index in [0.717, 1.165) is 18.4 Å². The molecular weight excluding hydrogens is 244 g/mol. The van der Waals surface area contributed by atoms with Crippen molar-refractivity contribution in [2.75, 3.05) is 0 Å². The Bertz CT molecular complexity index is 463. The Morgan fingerprint density at radius 1 is 1.05 bits per heavy atom. The molecule has 0 saturated heterocycles. The summed E-state index contributed by atoms with van der Waals surface area (Å²) in [5, 5.41) is 17.7. The molecule has 19 heavy (non-hydrogen) atoms. The van der Waals surface area contributed by atoms with Gasteiger partial charge in [0.1, 0.15) is 0 Å². The van der Waals surface area contributed by atoms with E-state index in [1.807, 2.05) is 12.1 Å². The maximum Gasteiger partial charge on any atom is 0.307 e. The Kier molecular flexibility index (Phi) is 5.55. The molecule has 0 heterocycles. The molecule has 0 atom stereocenters. The van der Waals surface area contributed by atoms with Crippen molar-refractivity contribution >= 4 is 11.9 Å². The van der Waals surface area contributed by atoms with Gasteiger partial charge in [-0.2, -0.15) is 0 Å². The molecule has 0 aliphatic rings. The summed E-state index contributed by atoms with van der Waals surface area (Å²) in [6.45, 7) is 4.27. The molecule has 1 aromatic rings. The smallest absolute Gasteiger partial charge is 0.307 e. The molecule has 4 heteroatoms. The minimum absolute atomic E-state index is 0.127. The summed E-state index contributed by atoms with van der Waals surface area (Å²) in [4.78, 5) is 21.6. The molecule has 0 amide bonds. The van der Waals surface area contributed by atoms with Gasteiger partial charge >= 0.3 is 11.9 Å². The van der Waals surface area contributed by atoms with Gasteiger partial charge in [0, 0.05) is 0 Å². The summed E-state index contributed by atoms with van der Waals surface area (Å²) in [6.07, 6.45) is 1.66. The van der Waals surface area contributed by atoms with Crippen molar-refractivity contribution in [3.8, 4) is 0 Å². The van der Waals surface area contributed by atoms with Crippen LogP contribution in [-0.2, 0) is 28.9 Å². The number of rotatable bonds is 7. The van der Waals surface area contributed by atoms with Gasteiger partial charge in [-0.3, -0.25) is 9.59 Å². The lowest BCUT2D eigenvalue weighted by Gasteiger charge is -2.10. The van der Waals surface area contributed by atoms with Crippen molar-refractivity contribution in [1.82, 2.24) is 0 Å². The quantitative estimate of drug-likeness (QED) is 0.793. The Hall–Kier alpha value is -1.84. The van der Waals surface area contributed by atoms with Gasteiger partial charge in [0.05, 0.1) is 12.8 Å². The summed E-state index contributed by atoms with van der Waals surface area (Å²) >= 11 is 0. The fraction of sp³-hybridized carbons (Fsp3) is 0.467. The van der Waals surface area contributed by atoms with Gasteiger partial charge in [-0.15, -0.1) is 0 Å². The summed E-state index contributed by atoms with van der Waals surface area (Å²) in [7, 11) is 0. The summed E-state index contributed by atoms with van der Waals surface area (Å²) in [5.74, 6) is -1.30. The molecule has 0 fully saturated rings. The highest BCUT2D eigenvalue weighted by Crippen LogP contribution is 2.17. The first kappa shape index (κ1) is 15.2. The SMILES string of the molecule is CC(C)CCc1ccc(CC(=O)O)c(CC(=O)O)c1. The average Bonchev–Trinajstić information content (AvgIpc) is 2.28. The van der Waals surface area contributed by atoms with Crippen LogP contribution in [0.1, 0.15) is 37.0 Å². The van der Waals surface area contributed by atoms with Crippen LogP contribution < -0.4 is 0 Å². The zero-order valence-corrected chi connectivity index (χ0v) is 11.3. The molecule has 0 spiro atoms. The number of carbonyl (C=O) groups is 2. The Labute approximate surface area is 113 Å². The fourth-order valence-corrected chi connectivity index (χ4v) is 1.95. The van der Waals surface area contributed by atoms with Crippen LogP contribution in [0, 0.1) is 5.92 Å². The summed E-state index contributed by atoms with van der Waals surface area (Å²) < 4.78 is 0. The summed E-state index contributed by atoms with van der Waals surface area (Å²) in [6, 6.07) is 5.46. The fourth-order valence-electron chi connectivity index (χ4n) is 1.95. The van der Waals surface area contributed by atoms with Gasteiger partial charge in [0.2, 0.25) is 0 Å². The molecule has 0 aliphatic carbocycles. The Balaban J connectivity index is 2.93. The highest BCUT2D eigenvalue weighted by atomic mass is 16.4. The van der Waals surface area contributed by atoms with Crippen LogP contribution in [0.15, 0.2) is 18.2 Å².